The lowest BCUT2D eigenvalue weighted by molar-refractivity contribution is -0.128. The molecule has 1 saturated heterocycles. The molecule has 1 N–H and O–H groups in total. The maximum absolute atomic E-state index is 13.2. The van der Waals surface area contributed by atoms with Crippen LogP contribution in [-0.2, 0) is 19.6 Å². The van der Waals surface area contributed by atoms with E-state index < -0.39 is 10.0 Å². The minimum absolute atomic E-state index is 0.0434. The number of amides is 1. The van der Waals surface area contributed by atoms with Gasteiger partial charge in [0.15, 0.2) is 11.5 Å². The Morgan fingerprint density at radius 2 is 2.00 bits per heavy atom. The number of fused-ring (bicyclic) bond motifs is 1. The lowest BCUT2D eigenvalue weighted by Crippen LogP contribution is -2.50. The molecule has 1 fully saturated rings. The first-order valence-corrected chi connectivity index (χ1v) is 12.2. The van der Waals surface area contributed by atoms with Crippen LogP contribution in [-0.4, -0.2) is 67.3 Å². The SMILES string of the molecule is COCNC(=O)C1CCCN(N(C)c2ncnc3c2ccn3S(=O)(=O)c2ccc(C)cc2)C1. The number of nitrogens with one attached hydrogen (secondary N) is 1. The Kier molecular flexibility index (Phi) is 6.63. The van der Waals surface area contributed by atoms with Gasteiger partial charge in [0.25, 0.3) is 10.0 Å². The van der Waals surface area contributed by atoms with Crippen molar-refractivity contribution in [2.45, 2.75) is 24.7 Å². The van der Waals surface area contributed by atoms with Crippen LogP contribution < -0.4 is 10.3 Å². The fraction of sp³-hybridized carbons (Fsp3) is 0.409. The first kappa shape index (κ1) is 23.1. The maximum atomic E-state index is 13.2. The molecule has 176 valence electrons. The quantitative estimate of drug-likeness (QED) is 0.518. The van der Waals surface area contributed by atoms with Crippen LogP contribution in [0.3, 0.4) is 0 Å². The second-order valence-electron chi connectivity index (χ2n) is 8.11. The van der Waals surface area contributed by atoms with Crippen molar-refractivity contribution in [3.05, 3.63) is 48.4 Å². The van der Waals surface area contributed by atoms with Gasteiger partial charge in [-0.15, -0.1) is 0 Å². The summed E-state index contributed by atoms with van der Waals surface area (Å²) in [5.74, 6) is 0.370. The van der Waals surface area contributed by atoms with Crippen molar-refractivity contribution in [2.24, 2.45) is 5.92 Å². The monoisotopic (exact) mass is 472 g/mol. The third kappa shape index (κ3) is 4.56. The number of rotatable bonds is 7. The van der Waals surface area contributed by atoms with Gasteiger partial charge in [0.2, 0.25) is 5.91 Å². The predicted molar refractivity (Wildman–Crippen MR) is 124 cm³/mol. The van der Waals surface area contributed by atoms with E-state index >= 15 is 0 Å². The van der Waals surface area contributed by atoms with Crippen LogP contribution in [0.25, 0.3) is 11.0 Å². The highest BCUT2D eigenvalue weighted by Gasteiger charge is 2.29. The van der Waals surface area contributed by atoms with E-state index in [1.54, 1.807) is 30.3 Å². The first-order valence-electron chi connectivity index (χ1n) is 10.7. The van der Waals surface area contributed by atoms with Crippen molar-refractivity contribution in [2.75, 3.05) is 39.0 Å². The standard InChI is InChI=1S/C22H28N6O4S/c1-16-6-8-18(9-7-16)33(30,31)28-12-10-19-20(23-14-24-21(19)28)26(2)27-11-4-5-17(13-27)22(29)25-15-32-3/h6-10,12,14,17H,4-5,11,13,15H2,1-3H3,(H,25,29). The number of hydrogen-bond donors (Lipinski definition) is 1. The molecule has 0 aliphatic carbocycles. The molecule has 33 heavy (non-hydrogen) atoms. The van der Waals surface area contributed by atoms with Crippen LogP contribution in [0.15, 0.2) is 47.8 Å². The smallest absolute Gasteiger partial charge is 0.269 e. The Bertz CT molecular complexity index is 1240. The number of benzene rings is 1. The van der Waals surface area contributed by atoms with E-state index in [2.05, 4.69) is 15.3 Å². The summed E-state index contributed by atoms with van der Waals surface area (Å²) in [6, 6.07) is 8.42. The van der Waals surface area contributed by atoms with E-state index in [-0.39, 0.29) is 23.5 Å². The zero-order chi connectivity index (χ0) is 23.6. The Balaban J connectivity index is 1.62. The van der Waals surface area contributed by atoms with E-state index in [1.165, 1.54) is 23.6 Å². The van der Waals surface area contributed by atoms with Gasteiger partial charge in [-0.1, -0.05) is 17.7 Å². The number of methoxy groups -OCH3 is 1. The van der Waals surface area contributed by atoms with Crippen LogP contribution >= 0.6 is 0 Å². The van der Waals surface area contributed by atoms with Gasteiger partial charge in [0.1, 0.15) is 13.1 Å². The summed E-state index contributed by atoms with van der Waals surface area (Å²) in [4.78, 5) is 21.3. The number of anilines is 1. The fourth-order valence-electron chi connectivity index (χ4n) is 4.06. The highest BCUT2D eigenvalue weighted by Crippen LogP contribution is 2.29. The first-order chi connectivity index (χ1) is 15.8. The molecular formula is C22H28N6O4S. The fourth-order valence-corrected chi connectivity index (χ4v) is 5.36. The predicted octanol–water partition coefficient (Wildman–Crippen LogP) is 1.76. The van der Waals surface area contributed by atoms with Crippen LogP contribution in [0.4, 0.5) is 5.82 Å². The Labute approximate surface area is 193 Å². The topological polar surface area (TPSA) is 110 Å². The molecule has 3 aromatic rings. The molecule has 1 unspecified atom stereocenters. The largest absolute Gasteiger partial charge is 0.364 e. The Morgan fingerprint density at radius 1 is 1.24 bits per heavy atom. The molecule has 0 saturated carbocycles. The van der Waals surface area contributed by atoms with Crippen molar-refractivity contribution < 1.29 is 17.9 Å². The third-order valence-electron chi connectivity index (χ3n) is 5.90. The van der Waals surface area contributed by atoms with E-state index in [4.69, 9.17) is 4.74 Å². The third-order valence-corrected chi connectivity index (χ3v) is 7.58. The zero-order valence-electron chi connectivity index (χ0n) is 18.9. The number of aryl methyl sites for hydroxylation is 1. The zero-order valence-corrected chi connectivity index (χ0v) is 19.7. The molecule has 10 nitrogen and oxygen atoms in total. The number of hydrogen-bond acceptors (Lipinski definition) is 8. The lowest BCUT2D eigenvalue weighted by atomic mass is 9.98. The van der Waals surface area contributed by atoms with Crippen molar-refractivity contribution in [3.8, 4) is 0 Å². The molecule has 2 aromatic heterocycles. The van der Waals surface area contributed by atoms with Crippen molar-refractivity contribution in [1.82, 2.24) is 24.3 Å². The summed E-state index contributed by atoms with van der Waals surface area (Å²) in [6.07, 6.45) is 4.52. The van der Waals surface area contributed by atoms with Crippen molar-refractivity contribution >= 4 is 32.8 Å². The molecule has 1 atom stereocenters. The van der Waals surface area contributed by atoms with Gasteiger partial charge in [-0.25, -0.2) is 27.4 Å². The normalized spacial score (nSPS) is 17.2. The summed E-state index contributed by atoms with van der Waals surface area (Å²) >= 11 is 0. The highest BCUT2D eigenvalue weighted by molar-refractivity contribution is 7.90. The number of carbonyl (C=O) groups is 1. The van der Waals surface area contributed by atoms with Gasteiger partial charge in [0, 0.05) is 33.4 Å². The molecule has 1 aliphatic heterocycles. The van der Waals surface area contributed by atoms with E-state index in [9.17, 15) is 13.2 Å². The molecule has 1 aliphatic rings. The molecular weight excluding hydrogens is 444 g/mol. The number of hydrazine groups is 1. The summed E-state index contributed by atoms with van der Waals surface area (Å²) in [6.45, 7) is 3.38. The summed E-state index contributed by atoms with van der Waals surface area (Å²) in [5.41, 5.74) is 1.28. The number of aromatic nitrogens is 3. The van der Waals surface area contributed by atoms with Crippen LogP contribution in [0, 0.1) is 12.8 Å². The molecule has 4 rings (SSSR count). The Hall–Kier alpha value is -3.02. The van der Waals surface area contributed by atoms with E-state index in [0.29, 0.717) is 23.4 Å². The van der Waals surface area contributed by atoms with Crippen LogP contribution in [0.1, 0.15) is 18.4 Å². The molecule has 1 aromatic carbocycles. The van der Waals surface area contributed by atoms with Gasteiger partial charge >= 0.3 is 0 Å². The van der Waals surface area contributed by atoms with Crippen LogP contribution in [0.5, 0.6) is 0 Å². The van der Waals surface area contributed by atoms with Gasteiger partial charge in [-0.2, -0.15) is 0 Å². The van der Waals surface area contributed by atoms with Gasteiger partial charge in [0.05, 0.1) is 16.2 Å². The average Bonchev–Trinajstić information content (AvgIpc) is 3.27. The lowest BCUT2D eigenvalue weighted by Gasteiger charge is -2.38. The second kappa shape index (κ2) is 9.46. The summed E-state index contributed by atoms with van der Waals surface area (Å²) < 4.78 is 32.6. The number of ether oxygens (including phenoxy) is 1. The van der Waals surface area contributed by atoms with Gasteiger partial charge in [-0.3, -0.25) is 9.80 Å². The van der Waals surface area contributed by atoms with E-state index in [1.807, 2.05) is 24.0 Å². The minimum atomic E-state index is -3.81. The molecule has 11 heteroatoms. The van der Waals surface area contributed by atoms with Gasteiger partial charge < -0.3 is 10.1 Å². The maximum Gasteiger partial charge on any atom is 0.269 e. The summed E-state index contributed by atoms with van der Waals surface area (Å²) in [5, 5.41) is 7.31. The van der Waals surface area contributed by atoms with Crippen molar-refractivity contribution in [1.29, 1.82) is 0 Å². The number of piperidine rings is 1. The average molecular weight is 473 g/mol. The number of nitrogens with zero attached hydrogens (tertiary/aromatic N) is 5. The molecule has 0 spiro atoms. The Morgan fingerprint density at radius 3 is 2.73 bits per heavy atom. The van der Waals surface area contributed by atoms with Crippen molar-refractivity contribution in [3.63, 3.8) is 0 Å². The molecule has 1 amide bonds. The molecule has 0 bridgehead atoms. The molecule has 3 heterocycles. The van der Waals surface area contributed by atoms with E-state index in [0.717, 1.165) is 24.9 Å². The van der Waals surface area contributed by atoms with Crippen LogP contribution in [0.2, 0.25) is 0 Å². The van der Waals surface area contributed by atoms with Gasteiger partial charge in [-0.05, 0) is 38.0 Å². The molecule has 0 radical (unpaired) electrons. The summed E-state index contributed by atoms with van der Waals surface area (Å²) in [7, 11) is -0.407. The highest BCUT2D eigenvalue weighted by atomic mass is 32.2. The number of carbonyl (C=O) groups excluding carboxylic acids is 1. The minimum Gasteiger partial charge on any atom is -0.364 e. The second-order valence-corrected chi connectivity index (χ2v) is 9.93.